The first-order valence-corrected chi connectivity index (χ1v) is 18.5. The van der Waals surface area contributed by atoms with E-state index in [4.69, 9.17) is 9.72 Å². The molecule has 268 valence electrons. The third kappa shape index (κ3) is 6.22. The van der Waals surface area contributed by atoms with Crippen molar-refractivity contribution in [2.75, 3.05) is 9.80 Å². The van der Waals surface area contributed by atoms with Crippen molar-refractivity contribution in [3.63, 3.8) is 0 Å². The molecule has 0 unspecified atom stereocenters. The molecule has 3 aromatic heterocycles. The number of aromatic nitrogens is 2. The van der Waals surface area contributed by atoms with E-state index in [1.165, 1.54) is 20.3 Å². The maximum Gasteiger partial charge on any atom is 0.135 e. The van der Waals surface area contributed by atoms with Gasteiger partial charge in [0.25, 0.3) is 0 Å². The SMILES string of the molecule is CC(C)(C)c1cc(Oc2[c-]c3c(cc2)c2sc4ccccc4c2n3-c2cc(C(C)(C)C)ccn2)[c-]c(N2[CH-]N(c3ccccc3)c3ccccc32)c1.[Pt]. The number of benzene rings is 5. The molecular formula is C46H39N4OPtS-3. The fourth-order valence-electron chi connectivity index (χ4n) is 7.03. The summed E-state index contributed by atoms with van der Waals surface area (Å²) in [6, 6.07) is 47.7. The summed E-state index contributed by atoms with van der Waals surface area (Å²) in [5, 5.41) is 2.34. The van der Waals surface area contributed by atoms with Crippen LogP contribution < -0.4 is 14.5 Å². The van der Waals surface area contributed by atoms with Crippen molar-refractivity contribution >= 4 is 65.3 Å². The van der Waals surface area contributed by atoms with Crippen LogP contribution in [-0.2, 0) is 31.9 Å². The van der Waals surface area contributed by atoms with Gasteiger partial charge in [-0.2, -0.15) is 6.07 Å². The number of para-hydroxylation sites is 3. The Hall–Kier alpha value is -4.90. The van der Waals surface area contributed by atoms with E-state index in [0.717, 1.165) is 50.6 Å². The molecule has 5 aromatic carbocycles. The first kappa shape index (κ1) is 35.1. The molecule has 1 aliphatic rings. The quantitative estimate of drug-likeness (QED) is 0.161. The van der Waals surface area contributed by atoms with Crippen LogP contribution in [0, 0.1) is 18.8 Å². The molecule has 53 heavy (non-hydrogen) atoms. The van der Waals surface area contributed by atoms with Gasteiger partial charge in [-0.15, -0.1) is 59.6 Å². The Bertz CT molecular complexity index is 2630. The monoisotopic (exact) mass is 890 g/mol. The summed E-state index contributed by atoms with van der Waals surface area (Å²) in [5.41, 5.74) is 8.53. The molecular weight excluding hydrogens is 852 g/mol. The van der Waals surface area contributed by atoms with E-state index in [0.29, 0.717) is 11.5 Å². The molecule has 0 saturated heterocycles. The Kier molecular flexibility index (Phi) is 8.75. The van der Waals surface area contributed by atoms with Crippen LogP contribution in [0.15, 0.2) is 121 Å². The van der Waals surface area contributed by atoms with Gasteiger partial charge in [-0.25, -0.2) is 4.98 Å². The molecule has 4 heterocycles. The summed E-state index contributed by atoms with van der Waals surface area (Å²) in [5.74, 6) is 2.14. The second-order valence-electron chi connectivity index (χ2n) is 15.5. The number of thiophene rings is 1. The predicted octanol–water partition coefficient (Wildman–Crippen LogP) is 12.8. The van der Waals surface area contributed by atoms with Crippen LogP contribution in [0.2, 0.25) is 0 Å². The zero-order valence-electron chi connectivity index (χ0n) is 30.5. The Balaban J connectivity index is 0.00000400. The summed E-state index contributed by atoms with van der Waals surface area (Å²) >= 11 is 1.81. The molecule has 9 rings (SSSR count). The predicted molar refractivity (Wildman–Crippen MR) is 217 cm³/mol. The van der Waals surface area contributed by atoms with E-state index in [1.807, 2.05) is 29.7 Å². The standard InChI is InChI=1S/C46H39N4OS.Pt/c1-45(2,3)30-22-23-47-42(26-30)50-40-28-34(20-21-36(40)44-43(50)37-16-10-13-19-41(37)52-44)51-35-25-31(46(4,5)6)24-33(27-35)49-29-48(32-14-8-7-9-15-32)38-17-11-12-18-39(38)49;/h7-26,29H,1-6H3;/q-3;. The Morgan fingerprint density at radius 2 is 1.36 bits per heavy atom. The van der Waals surface area contributed by atoms with Crippen LogP contribution in [0.25, 0.3) is 37.0 Å². The molecule has 0 spiro atoms. The fraction of sp³-hybridized carbons (Fsp3) is 0.174. The second-order valence-corrected chi connectivity index (χ2v) is 16.6. The third-order valence-electron chi connectivity index (χ3n) is 9.84. The van der Waals surface area contributed by atoms with E-state index < -0.39 is 0 Å². The van der Waals surface area contributed by atoms with E-state index in [1.54, 1.807) is 0 Å². The average Bonchev–Trinajstić information content (AvgIpc) is 3.80. The smallest absolute Gasteiger partial charge is 0.135 e. The minimum absolute atomic E-state index is 0. The Labute approximate surface area is 329 Å². The number of pyridine rings is 1. The average molecular weight is 891 g/mol. The summed E-state index contributed by atoms with van der Waals surface area (Å²) < 4.78 is 11.5. The van der Waals surface area contributed by atoms with E-state index in [9.17, 15) is 0 Å². The maximum absolute atomic E-state index is 6.76. The van der Waals surface area contributed by atoms with Gasteiger partial charge in [-0.1, -0.05) is 101 Å². The number of rotatable bonds is 5. The van der Waals surface area contributed by atoms with Gasteiger partial charge in [0.1, 0.15) is 5.82 Å². The molecule has 1 aliphatic heterocycles. The normalized spacial score (nSPS) is 13.2. The minimum Gasteiger partial charge on any atom is -0.509 e. The van der Waals surface area contributed by atoms with Crippen molar-refractivity contribution in [3.8, 4) is 17.3 Å². The Morgan fingerprint density at radius 3 is 2.11 bits per heavy atom. The van der Waals surface area contributed by atoms with Crippen molar-refractivity contribution in [1.29, 1.82) is 0 Å². The summed E-state index contributed by atoms with van der Waals surface area (Å²) in [4.78, 5) is 9.35. The fourth-order valence-corrected chi connectivity index (χ4v) is 8.24. The number of fused-ring (bicyclic) bond motifs is 6. The van der Waals surface area contributed by atoms with Crippen LogP contribution in [0.1, 0.15) is 52.7 Å². The van der Waals surface area contributed by atoms with Gasteiger partial charge < -0.3 is 19.1 Å². The molecule has 5 nitrogen and oxygen atoms in total. The summed E-state index contributed by atoms with van der Waals surface area (Å²) in [6.45, 7) is 15.5. The van der Waals surface area contributed by atoms with Crippen molar-refractivity contribution in [2.24, 2.45) is 0 Å². The second kappa shape index (κ2) is 13.2. The number of hydrogen-bond acceptors (Lipinski definition) is 5. The zero-order chi connectivity index (χ0) is 35.8. The van der Waals surface area contributed by atoms with Gasteiger partial charge >= 0.3 is 0 Å². The number of anilines is 4. The van der Waals surface area contributed by atoms with E-state index in [2.05, 4.69) is 178 Å². The summed E-state index contributed by atoms with van der Waals surface area (Å²) in [7, 11) is 0. The van der Waals surface area contributed by atoms with Crippen LogP contribution in [0.3, 0.4) is 0 Å². The molecule has 0 amide bonds. The van der Waals surface area contributed by atoms with Crippen molar-refractivity contribution in [1.82, 2.24) is 9.55 Å². The molecule has 8 aromatic rings. The number of hydrogen-bond donors (Lipinski definition) is 0. The Morgan fingerprint density at radius 1 is 0.660 bits per heavy atom. The maximum atomic E-state index is 6.76. The molecule has 7 heteroatoms. The van der Waals surface area contributed by atoms with Gasteiger partial charge in [0.05, 0.1) is 5.52 Å². The molecule has 0 aliphatic carbocycles. The first-order chi connectivity index (χ1) is 25.0. The topological polar surface area (TPSA) is 33.5 Å². The molecule has 0 fully saturated rings. The summed E-state index contributed by atoms with van der Waals surface area (Å²) in [6.07, 6.45) is 1.92. The van der Waals surface area contributed by atoms with Crippen LogP contribution in [0.5, 0.6) is 11.5 Å². The van der Waals surface area contributed by atoms with Crippen LogP contribution in [0.4, 0.5) is 22.7 Å². The van der Waals surface area contributed by atoms with Gasteiger partial charge in [-0.3, -0.25) is 0 Å². The minimum atomic E-state index is -0.127. The van der Waals surface area contributed by atoms with Gasteiger partial charge in [-0.05, 0) is 58.9 Å². The van der Waals surface area contributed by atoms with Gasteiger partial charge in [0.2, 0.25) is 0 Å². The van der Waals surface area contributed by atoms with Crippen LogP contribution in [-0.4, -0.2) is 9.55 Å². The van der Waals surface area contributed by atoms with Gasteiger partial charge in [0, 0.05) is 70.6 Å². The molecule has 0 bridgehead atoms. The molecule has 0 N–H and O–H groups in total. The molecule has 0 atom stereocenters. The van der Waals surface area contributed by atoms with E-state index in [-0.39, 0.29) is 31.9 Å². The van der Waals surface area contributed by atoms with E-state index >= 15 is 0 Å². The largest absolute Gasteiger partial charge is 0.509 e. The molecule has 0 radical (unpaired) electrons. The number of nitrogens with zero attached hydrogens (tertiary/aromatic N) is 4. The van der Waals surface area contributed by atoms with Gasteiger partial charge in [0.15, 0.2) is 0 Å². The van der Waals surface area contributed by atoms with Crippen molar-refractivity contribution < 1.29 is 25.8 Å². The van der Waals surface area contributed by atoms with Crippen molar-refractivity contribution in [3.05, 3.63) is 151 Å². The van der Waals surface area contributed by atoms with Crippen molar-refractivity contribution in [2.45, 2.75) is 52.4 Å². The third-order valence-corrected chi connectivity index (χ3v) is 11.0. The molecule has 0 saturated carbocycles. The number of ether oxygens (including phenoxy) is 1. The van der Waals surface area contributed by atoms with Crippen LogP contribution >= 0.6 is 11.3 Å². The first-order valence-electron chi connectivity index (χ1n) is 17.7. The zero-order valence-corrected chi connectivity index (χ0v) is 33.6.